The van der Waals surface area contributed by atoms with Gasteiger partial charge in [-0.15, -0.1) is 12.4 Å². The van der Waals surface area contributed by atoms with Gasteiger partial charge >= 0.3 is 0 Å². The van der Waals surface area contributed by atoms with Crippen LogP contribution in [0.5, 0.6) is 5.75 Å². The van der Waals surface area contributed by atoms with Gasteiger partial charge < -0.3 is 15.4 Å². The van der Waals surface area contributed by atoms with E-state index >= 15 is 0 Å². The molecule has 1 heterocycles. The summed E-state index contributed by atoms with van der Waals surface area (Å²) in [5.74, 6) is 1.44. The Morgan fingerprint density at radius 3 is 2.67 bits per heavy atom. The van der Waals surface area contributed by atoms with Gasteiger partial charge in [0.2, 0.25) is 5.91 Å². The van der Waals surface area contributed by atoms with E-state index in [2.05, 4.69) is 0 Å². The summed E-state index contributed by atoms with van der Waals surface area (Å²) in [5.41, 5.74) is 6.99. The van der Waals surface area contributed by atoms with E-state index in [0.29, 0.717) is 12.3 Å². The number of piperidine rings is 1. The van der Waals surface area contributed by atoms with Gasteiger partial charge in [-0.3, -0.25) is 4.79 Å². The van der Waals surface area contributed by atoms with Crippen molar-refractivity contribution in [1.82, 2.24) is 4.90 Å². The highest BCUT2D eigenvalue weighted by molar-refractivity contribution is 5.85. The molecular formula is C16H25ClN2O2. The Labute approximate surface area is 133 Å². The summed E-state index contributed by atoms with van der Waals surface area (Å²) < 4.78 is 5.12. The summed E-state index contributed by atoms with van der Waals surface area (Å²) in [6.45, 7) is 3.69. The maximum absolute atomic E-state index is 12.3. The van der Waals surface area contributed by atoms with Crippen LogP contribution in [0.15, 0.2) is 24.3 Å². The molecule has 5 heteroatoms. The van der Waals surface area contributed by atoms with Crippen LogP contribution in [-0.2, 0) is 11.2 Å². The molecule has 118 valence electrons. The summed E-state index contributed by atoms with van der Waals surface area (Å²) in [6, 6.07) is 7.84. The summed E-state index contributed by atoms with van der Waals surface area (Å²) in [4.78, 5) is 14.3. The lowest BCUT2D eigenvalue weighted by atomic mass is 9.92. The molecule has 4 nitrogen and oxygen atoms in total. The van der Waals surface area contributed by atoms with E-state index in [1.807, 2.05) is 36.1 Å². The molecule has 0 aromatic heterocycles. The molecular weight excluding hydrogens is 288 g/mol. The second-order valence-electron chi connectivity index (χ2n) is 5.63. The molecule has 0 saturated carbocycles. The van der Waals surface area contributed by atoms with E-state index in [-0.39, 0.29) is 24.4 Å². The number of carbonyl (C=O) groups is 1. The van der Waals surface area contributed by atoms with Crippen LogP contribution in [0.1, 0.15) is 25.3 Å². The number of hydrogen-bond acceptors (Lipinski definition) is 3. The lowest BCUT2D eigenvalue weighted by molar-refractivity contribution is -0.132. The van der Waals surface area contributed by atoms with Crippen LogP contribution in [0.25, 0.3) is 0 Å². The van der Waals surface area contributed by atoms with E-state index in [4.69, 9.17) is 10.5 Å². The molecule has 0 spiro atoms. The Bertz CT molecular complexity index is 448. The first-order valence-electron chi connectivity index (χ1n) is 7.26. The Balaban J connectivity index is 0.00000220. The second-order valence-corrected chi connectivity index (χ2v) is 5.63. The van der Waals surface area contributed by atoms with Gasteiger partial charge in [0.1, 0.15) is 5.75 Å². The van der Waals surface area contributed by atoms with Gasteiger partial charge in [-0.2, -0.15) is 0 Å². The molecule has 0 aliphatic carbocycles. The van der Waals surface area contributed by atoms with Crippen molar-refractivity contribution >= 4 is 18.3 Å². The van der Waals surface area contributed by atoms with Crippen molar-refractivity contribution in [2.45, 2.75) is 32.2 Å². The van der Waals surface area contributed by atoms with Gasteiger partial charge in [0.25, 0.3) is 0 Å². The van der Waals surface area contributed by atoms with E-state index in [0.717, 1.165) is 37.2 Å². The molecule has 1 fully saturated rings. The molecule has 1 saturated heterocycles. The van der Waals surface area contributed by atoms with Crippen LogP contribution < -0.4 is 10.5 Å². The van der Waals surface area contributed by atoms with Crippen LogP contribution >= 0.6 is 12.4 Å². The molecule has 2 unspecified atom stereocenters. The quantitative estimate of drug-likeness (QED) is 0.927. The highest BCUT2D eigenvalue weighted by Gasteiger charge is 2.25. The zero-order valence-corrected chi connectivity index (χ0v) is 13.6. The fourth-order valence-corrected chi connectivity index (χ4v) is 2.70. The third-order valence-corrected chi connectivity index (χ3v) is 4.07. The summed E-state index contributed by atoms with van der Waals surface area (Å²) >= 11 is 0. The van der Waals surface area contributed by atoms with Crippen LogP contribution in [0.4, 0.5) is 0 Å². The lowest BCUT2D eigenvalue weighted by Crippen LogP contribution is -2.45. The Morgan fingerprint density at radius 2 is 2.10 bits per heavy atom. The van der Waals surface area contributed by atoms with Gasteiger partial charge in [-0.25, -0.2) is 0 Å². The minimum Gasteiger partial charge on any atom is -0.497 e. The number of hydrogen-bond donors (Lipinski definition) is 1. The van der Waals surface area contributed by atoms with Crippen LogP contribution in [0, 0.1) is 5.92 Å². The minimum absolute atomic E-state index is 0. The number of methoxy groups -OCH3 is 1. The van der Waals surface area contributed by atoms with Crippen molar-refractivity contribution in [2.24, 2.45) is 11.7 Å². The molecule has 0 bridgehead atoms. The molecule has 1 amide bonds. The third kappa shape index (κ3) is 4.90. The molecule has 1 aromatic carbocycles. The Morgan fingerprint density at radius 1 is 1.43 bits per heavy atom. The number of nitrogens with two attached hydrogens (primary N) is 1. The molecule has 2 N–H and O–H groups in total. The number of ether oxygens (including phenoxy) is 1. The number of carbonyl (C=O) groups excluding carboxylic acids is 1. The van der Waals surface area contributed by atoms with Gasteiger partial charge in [0.15, 0.2) is 0 Å². The largest absolute Gasteiger partial charge is 0.497 e. The number of benzene rings is 1. The molecule has 1 aliphatic heterocycles. The molecule has 2 atom stereocenters. The first kappa shape index (κ1) is 17.8. The van der Waals surface area contributed by atoms with Gasteiger partial charge in [-0.05, 0) is 43.4 Å². The number of likely N-dealkylation sites (tertiary alicyclic amines) is 1. The monoisotopic (exact) mass is 312 g/mol. The highest BCUT2D eigenvalue weighted by atomic mass is 35.5. The SMILES string of the molecule is COc1ccc(CC(=O)N2CCCC(C(C)N)C2)cc1.Cl. The average molecular weight is 313 g/mol. The van der Waals surface area contributed by atoms with E-state index in [1.54, 1.807) is 7.11 Å². The summed E-state index contributed by atoms with van der Waals surface area (Å²) in [5, 5.41) is 0. The fourth-order valence-electron chi connectivity index (χ4n) is 2.70. The fraction of sp³-hybridized carbons (Fsp3) is 0.562. The number of rotatable bonds is 4. The van der Waals surface area contributed by atoms with Gasteiger partial charge in [0.05, 0.1) is 13.5 Å². The number of halogens is 1. The molecule has 0 radical (unpaired) electrons. The summed E-state index contributed by atoms with van der Waals surface area (Å²) in [6.07, 6.45) is 2.64. The summed E-state index contributed by atoms with van der Waals surface area (Å²) in [7, 11) is 1.64. The number of amides is 1. The molecule has 2 rings (SSSR count). The zero-order chi connectivity index (χ0) is 14.5. The maximum Gasteiger partial charge on any atom is 0.226 e. The van der Waals surface area contributed by atoms with E-state index in [1.165, 1.54) is 0 Å². The first-order chi connectivity index (χ1) is 9.60. The Hall–Kier alpha value is -1.26. The number of nitrogens with zero attached hydrogens (tertiary/aromatic N) is 1. The predicted octanol–water partition coefficient (Wildman–Crippen LogP) is 2.25. The van der Waals surface area contributed by atoms with Crippen molar-refractivity contribution < 1.29 is 9.53 Å². The highest BCUT2D eigenvalue weighted by Crippen LogP contribution is 2.20. The normalized spacial score (nSPS) is 19.6. The first-order valence-corrected chi connectivity index (χ1v) is 7.26. The van der Waals surface area contributed by atoms with Crippen molar-refractivity contribution in [2.75, 3.05) is 20.2 Å². The standard InChI is InChI=1S/C16H24N2O2.ClH/c1-12(17)14-4-3-9-18(11-14)16(19)10-13-5-7-15(20-2)8-6-13;/h5-8,12,14H,3-4,9-11,17H2,1-2H3;1H. The van der Waals surface area contributed by atoms with E-state index in [9.17, 15) is 4.79 Å². The van der Waals surface area contributed by atoms with E-state index < -0.39 is 0 Å². The van der Waals surface area contributed by atoms with Gasteiger partial charge in [0, 0.05) is 19.1 Å². The van der Waals surface area contributed by atoms with Crippen molar-refractivity contribution in [1.29, 1.82) is 0 Å². The van der Waals surface area contributed by atoms with Crippen molar-refractivity contribution in [3.8, 4) is 5.75 Å². The zero-order valence-electron chi connectivity index (χ0n) is 12.7. The lowest BCUT2D eigenvalue weighted by Gasteiger charge is -2.34. The molecule has 21 heavy (non-hydrogen) atoms. The third-order valence-electron chi connectivity index (χ3n) is 4.07. The molecule has 1 aliphatic rings. The van der Waals surface area contributed by atoms with Crippen LogP contribution in [0.2, 0.25) is 0 Å². The van der Waals surface area contributed by atoms with Gasteiger partial charge in [-0.1, -0.05) is 12.1 Å². The van der Waals surface area contributed by atoms with Crippen molar-refractivity contribution in [3.05, 3.63) is 29.8 Å². The molecule has 1 aromatic rings. The average Bonchev–Trinajstić information content (AvgIpc) is 2.48. The van der Waals surface area contributed by atoms with Crippen LogP contribution in [-0.4, -0.2) is 37.0 Å². The predicted molar refractivity (Wildman–Crippen MR) is 86.9 cm³/mol. The minimum atomic E-state index is 0. The topological polar surface area (TPSA) is 55.6 Å². The van der Waals surface area contributed by atoms with Crippen LogP contribution in [0.3, 0.4) is 0 Å². The Kier molecular flexibility index (Phi) is 6.99. The smallest absolute Gasteiger partial charge is 0.226 e. The second kappa shape index (κ2) is 8.25. The maximum atomic E-state index is 12.3. The van der Waals surface area contributed by atoms with Crippen molar-refractivity contribution in [3.63, 3.8) is 0 Å².